The number of likely N-dealkylation sites (tertiary alicyclic amines) is 1. The van der Waals surface area contributed by atoms with Gasteiger partial charge in [-0.1, -0.05) is 6.07 Å². The number of aryl methyl sites for hydroxylation is 2. The predicted octanol–water partition coefficient (Wildman–Crippen LogP) is 3.53. The molecule has 2 fully saturated rings. The van der Waals surface area contributed by atoms with E-state index in [1.807, 2.05) is 30.9 Å². The zero-order valence-electron chi connectivity index (χ0n) is 16.9. The van der Waals surface area contributed by atoms with Gasteiger partial charge in [-0.05, 0) is 61.4 Å². The monoisotopic (exact) mass is 394 g/mol. The van der Waals surface area contributed by atoms with Crippen molar-refractivity contribution in [2.45, 2.75) is 32.5 Å². The summed E-state index contributed by atoms with van der Waals surface area (Å²) in [6.45, 7) is 6.45. The number of anilines is 1. The average molecular weight is 394 g/mol. The summed E-state index contributed by atoms with van der Waals surface area (Å²) in [7, 11) is 0. The van der Waals surface area contributed by atoms with Gasteiger partial charge in [0.05, 0.1) is 13.2 Å². The molecule has 0 saturated carbocycles. The van der Waals surface area contributed by atoms with Crippen molar-refractivity contribution in [1.82, 2.24) is 4.90 Å². The van der Waals surface area contributed by atoms with Gasteiger partial charge in [0, 0.05) is 42.7 Å². The number of carbonyl (C=O) groups excluding carboxylic acids is 2. The molecule has 0 radical (unpaired) electrons. The summed E-state index contributed by atoms with van der Waals surface area (Å²) in [6, 6.07) is 12.7. The third kappa shape index (κ3) is 4.33. The van der Waals surface area contributed by atoms with Crippen molar-refractivity contribution in [3.8, 4) is 0 Å². The fourth-order valence-electron chi connectivity index (χ4n) is 4.03. The van der Waals surface area contributed by atoms with Crippen LogP contribution in [0, 0.1) is 13.8 Å². The fraction of sp³-hybridized carbons (Fsp3) is 0.391. The van der Waals surface area contributed by atoms with E-state index in [4.69, 9.17) is 9.47 Å². The van der Waals surface area contributed by atoms with Crippen molar-refractivity contribution >= 4 is 17.5 Å². The lowest BCUT2D eigenvalue weighted by Crippen LogP contribution is -2.47. The average Bonchev–Trinajstić information content (AvgIpc) is 3.15. The Morgan fingerprint density at radius 2 is 1.45 bits per heavy atom. The molecule has 0 unspecified atom stereocenters. The maximum absolute atomic E-state index is 12.8. The highest BCUT2D eigenvalue weighted by molar-refractivity contribution is 6.05. The second-order valence-corrected chi connectivity index (χ2v) is 7.81. The maximum atomic E-state index is 12.8. The van der Waals surface area contributed by atoms with Crippen LogP contribution >= 0.6 is 0 Å². The minimum atomic E-state index is -0.493. The first-order valence-electron chi connectivity index (χ1n) is 10.0. The summed E-state index contributed by atoms with van der Waals surface area (Å²) in [5, 5.41) is 2.92. The predicted molar refractivity (Wildman–Crippen MR) is 110 cm³/mol. The van der Waals surface area contributed by atoms with Crippen molar-refractivity contribution in [2.75, 3.05) is 31.6 Å². The Bertz CT molecular complexity index is 887. The van der Waals surface area contributed by atoms with Crippen LogP contribution < -0.4 is 5.32 Å². The number of nitrogens with one attached hydrogen (secondary N) is 1. The quantitative estimate of drug-likeness (QED) is 0.865. The van der Waals surface area contributed by atoms with Crippen LogP contribution in [0.15, 0.2) is 42.5 Å². The van der Waals surface area contributed by atoms with Crippen molar-refractivity contribution in [3.63, 3.8) is 0 Å². The number of amides is 2. The molecule has 0 bridgehead atoms. The number of nitrogens with zero attached hydrogens (tertiary/aromatic N) is 1. The van der Waals surface area contributed by atoms with Gasteiger partial charge in [0.15, 0.2) is 5.79 Å². The summed E-state index contributed by atoms with van der Waals surface area (Å²) in [5.41, 5.74) is 4.06. The molecule has 152 valence electrons. The van der Waals surface area contributed by atoms with E-state index in [1.54, 1.807) is 24.3 Å². The molecule has 2 aliphatic heterocycles. The van der Waals surface area contributed by atoms with Gasteiger partial charge >= 0.3 is 0 Å². The molecule has 2 aromatic carbocycles. The lowest BCUT2D eigenvalue weighted by molar-refractivity contribution is -0.181. The summed E-state index contributed by atoms with van der Waals surface area (Å²) in [5.74, 6) is -0.712. The third-order valence-electron chi connectivity index (χ3n) is 5.50. The van der Waals surface area contributed by atoms with Crippen molar-refractivity contribution < 1.29 is 19.1 Å². The maximum Gasteiger partial charge on any atom is 0.255 e. The third-order valence-corrected chi connectivity index (χ3v) is 5.50. The van der Waals surface area contributed by atoms with Crippen molar-refractivity contribution in [3.05, 3.63) is 64.7 Å². The molecular weight excluding hydrogens is 368 g/mol. The zero-order chi connectivity index (χ0) is 20.4. The number of hydrogen-bond acceptors (Lipinski definition) is 4. The number of piperidine rings is 1. The standard InChI is InChI=1S/C23H26N2O4/c1-16-13-17(2)15-20(14-16)24-21(26)18-3-5-19(6-4-18)22(27)25-9-7-23(8-10-25)28-11-12-29-23/h3-6,13-15H,7-12H2,1-2H3,(H,24,26). The van der Waals surface area contributed by atoms with E-state index in [9.17, 15) is 9.59 Å². The van der Waals surface area contributed by atoms with Gasteiger partial charge in [0.25, 0.3) is 11.8 Å². The van der Waals surface area contributed by atoms with Gasteiger partial charge in [0.2, 0.25) is 0 Å². The summed E-state index contributed by atoms with van der Waals surface area (Å²) in [4.78, 5) is 27.1. The van der Waals surface area contributed by atoms with Crippen LogP contribution in [0.3, 0.4) is 0 Å². The van der Waals surface area contributed by atoms with Crippen LogP contribution in [0.1, 0.15) is 44.7 Å². The van der Waals surface area contributed by atoms with E-state index in [2.05, 4.69) is 11.4 Å². The number of rotatable bonds is 3. The molecule has 6 heteroatoms. The van der Waals surface area contributed by atoms with E-state index in [0.29, 0.717) is 50.3 Å². The van der Waals surface area contributed by atoms with Gasteiger partial charge in [-0.15, -0.1) is 0 Å². The molecule has 2 amide bonds. The highest BCUT2D eigenvalue weighted by Crippen LogP contribution is 2.31. The fourth-order valence-corrected chi connectivity index (χ4v) is 4.03. The molecule has 0 atom stereocenters. The minimum Gasteiger partial charge on any atom is -0.347 e. The summed E-state index contributed by atoms with van der Waals surface area (Å²) < 4.78 is 11.4. The number of ether oxygens (including phenoxy) is 2. The molecule has 1 spiro atoms. The smallest absolute Gasteiger partial charge is 0.255 e. The second-order valence-electron chi connectivity index (χ2n) is 7.81. The molecule has 0 aliphatic carbocycles. The molecule has 6 nitrogen and oxygen atoms in total. The normalized spacial score (nSPS) is 18.1. The lowest BCUT2D eigenvalue weighted by atomic mass is 10.0. The summed E-state index contributed by atoms with van der Waals surface area (Å²) >= 11 is 0. The van der Waals surface area contributed by atoms with Crippen LogP contribution in [-0.4, -0.2) is 48.8 Å². The summed E-state index contributed by atoms with van der Waals surface area (Å²) in [6.07, 6.45) is 1.38. The van der Waals surface area contributed by atoms with Crippen molar-refractivity contribution in [2.24, 2.45) is 0 Å². The van der Waals surface area contributed by atoms with E-state index in [-0.39, 0.29) is 11.8 Å². The van der Waals surface area contributed by atoms with E-state index < -0.39 is 5.79 Å². The largest absolute Gasteiger partial charge is 0.347 e. The molecule has 2 saturated heterocycles. The molecule has 29 heavy (non-hydrogen) atoms. The molecular formula is C23H26N2O4. The number of carbonyl (C=O) groups is 2. The van der Waals surface area contributed by atoms with E-state index >= 15 is 0 Å². The lowest BCUT2D eigenvalue weighted by Gasteiger charge is -2.37. The molecule has 1 N–H and O–H groups in total. The van der Waals surface area contributed by atoms with Crippen molar-refractivity contribution in [1.29, 1.82) is 0 Å². The van der Waals surface area contributed by atoms with Gasteiger partial charge < -0.3 is 19.7 Å². The SMILES string of the molecule is Cc1cc(C)cc(NC(=O)c2ccc(C(=O)N3CCC4(CC3)OCCO4)cc2)c1. The van der Waals surface area contributed by atoms with Crippen LogP contribution in [0.2, 0.25) is 0 Å². The minimum absolute atomic E-state index is 0.0286. The Kier molecular flexibility index (Phi) is 5.39. The van der Waals surface area contributed by atoms with Crippen LogP contribution in [0.5, 0.6) is 0 Å². The van der Waals surface area contributed by atoms with Gasteiger partial charge in [0.1, 0.15) is 0 Å². The highest BCUT2D eigenvalue weighted by atomic mass is 16.7. The van der Waals surface area contributed by atoms with E-state index in [1.165, 1.54) is 0 Å². The van der Waals surface area contributed by atoms with E-state index in [0.717, 1.165) is 16.8 Å². The zero-order valence-corrected chi connectivity index (χ0v) is 16.9. The first-order valence-corrected chi connectivity index (χ1v) is 10.0. The molecule has 2 aliphatic rings. The Hall–Kier alpha value is -2.70. The molecule has 4 rings (SSSR count). The first kappa shape index (κ1) is 19.6. The second kappa shape index (κ2) is 7.97. The first-order chi connectivity index (χ1) is 13.9. The number of benzene rings is 2. The Morgan fingerprint density at radius 1 is 0.897 bits per heavy atom. The van der Waals surface area contributed by atoms with Gasteiger partial charge in [-0.2, -0.15) is 0 Å². The van der Waals surface area contributed by atoms with Crippen LogP contribution in [-0.2, 0) is 9.47 Å². The molecule has 2 aromatic rings. The Balaban J connectivity index is 1.38. The Labute approximate surface area is 170 Å². The number of hydrogen-bond donors (Lipinski definition) is 1. The van der Waals surface area contributed by atoms with Crippen LogP contribution in [0.4, 0.5) is 5.69 Å². The molecule has 0 aromatic heterocycles. The van der Waals surface area contributed by atoms with Crippen LogP contribution in [0.25, 0.3) is 0 Å². The molecule has 2 heterocycles. The Morgan fingerprint density at radius 3 is 2.03 bits per heavy atom. The van der Waals surface area contributed by atoms with Gasteiger partial charge in [-0.3, -0.25) is 9.59 Å². The highest BCUT2D eigenvalue weighted by Gasteiger charge is 2.40. The topological polar surface area (TPSA) is 67.9 Å². The van der Waals surface area contributed by atoms with Gasteiger partial charge in [-0.25, -0.2) is 0 Å².